The second-order valence-corrected chi connectivity index (χ2v) is 2.73. The van der Waals surface area contributed by atoms with E-state index < -0.39 is 17.6 Å². The van der Waals surface area contributed by atoms with E-state index in [1.165, 1.54) is 0 Å². The molecule has 0 spiro atoms. The smallest absolute Gasteiger partial charge is 0.139 e. The SMILES string of the molecule is N#CCC1CC(C#N)=C(F)C=C1F. The van der Waals surface area contributed by atoms with Gasteiger partial charge in [-0.2, -0.15) is 10.5 Å². The van der Waals surface area contributed by atoms with Crippen LogP contribution in [-0.2, 0) is 0 Å². The summed E-state index contributed by atoms with van der Waals surface area (Å²) in [6, 6.07) is 3.44. The minimum Gasteiger partial charge on any atom is -0.211 e. The Morgan fingerprint density at radius 3 is 2.69 bits per heavy atom. The first-order chi connectivity index (χ1) is 6.19. The normalized spacial score (nSPS) is 21.8. The molecule has 0 bridgehead atoms. The Kier molecular flexibility index (Phi) is 2.76. The van der Waals surface area contributed by atoms with Gasteiger partial charge in [0, 0.05) is 18.4 Å². The van der Waals surface area contributed by atoms with Crippen LogP contribution in [0.2, 0.25) is 0 Å². The molecule has 0 heterocycles. The van der Waals surface area contributed by atoms with E-state index in [4.69, 9.17) is 10.5 Å². The first-order valence-corrected chi connectivity index (χ1v) is 3.71. The Morgan fingerprint density at radius 1 is 1.46 bits per heavy atom. The number of hydrogen-bond acceptors (Lipinski definition) is 2. The quantitative estimate of drug-likeness (QED) is 0.622. The summed E-state index contributed by atoms with van der Waals surface area (Å²) in [5.41, 5.74) is -0.0818. The van der Waals surface area contributed by atoms with Crippen LogP contribution in [0.25, 0.3) is 0 Å². The van der Waals surface area contributed by atoms with Gasteiger partial charge in [0.2, 0.25) is 0 Å². The molecule has 1 rings (SSSR count). The Morgan fingerprint density at radius 2 is 2.15 bits per heavy atom. The summed E-state index contributed by atoms with van der Waals surface area (Å²) in [5, 5.41) is 16.8. The molecule has 4 heteroatoms. The lowest BCUT2D eigenvalue weighted by Gasteiger charge is -2.14. The molecule has 0 aromatic rings. The molecule has 0 saturated heterocycles. The molecule has 0 radical (unpaired) electrons. The maximum atomic E-state index is 12.9. The van der Waals surface area contributed by atoms with Crippen LogP contribution in [0.1, 0.15) is 12.8 Å². The molecule has 0 amide bonds. The number of rotatable bonds is 1. The van der Waals surface area contributed by atoms with Crippen molar-refractivity contribution in [1.82, 2.24) is 0 Å². The van der Waals surface area contributed by atoms with Crippen molar-refractivity contribution in [2.24, 2.45) is 5.92 Å². The fourth-order valence-corrected chi connectivity index (χ4v) is 1.15. The molecule has 0 aliphatic heterocycles. The second-order valence-electron chi connectivity index (χ2n) is 2.73. The molecule has 1 unspecified atom stereocenters. The average molecular weight is 180 g/mol. The zero-order chi connectivity index (χ0) is 9.84. The van der Waals surface area contributed by atoms with Crippen LogP contribution in [0.3, 0.4) is 0 Å². The van der Waals surface area contributed by atoms with Gasteiger partial charge >= 0.3 is 0 Å². The minimum absolute atomic E-state index is 0.0156. The standard InChI is InChI=1S/C9H6F2N2/c10-8-4-9(11)7(5-13)3-6(8)1-2-12/h4,6H,1,3H2. The summed E-state index contributed by atoms with van der Waals surface area (Å²) in [7, 11) is 0. The molecule has 13 heavy (non-hydrogen) atoms. The summed E-state index contributed by atoms with van der Waals surface area (Å²) < 4.78 is 25.7. The van der Waals surface area contributed by atoms with Crippen LogP contribution in [-0.4, -0.2) is 0 Å². The minimum atomic E-state index is -0.825. The molecule has 1 aliphatic carbocycles. The van der Waals surface area contributed by atoms with Crippen molar-refractivity contribution in [2.75, 3.05) is 0 Å². The van der Waals surface area contributed by atoms with Crippen molar-refractivity contribution in [1.29, 1.82) is 10.5 Å². The van der Waals surface area contributed by atoms with Crippen molar-refractivity contribution in [3.63, 3.8) is 0 Å². The van der Waals surface area contributed by atoms with E-state index in [-0.39, 0.29) is 18.4 Å². The number of allylic oxidation sites excluding steroid dienone is 4. The predicted octanol–water partition coefficient (Wildman–Crippen LogP) is 2.52. The van der Waals surface area contributed by atoms with Crippen LogP contribution in [0.5, 0.6) is 0 Å². The highest BCUT2D eigenvalue weighted by atomic mass is 19.1. The average Bonchev–Trinajstić information content (AvgIpc) is 2.10. The van der Waals surface area contributed by atoms with Crippen molar-refractivity contribution >= 4 is 0 Å². The Balaban J connectivity index is 2.90. The number of nitriles is 2. The molecule has 0 aromatic heterocycles. The highest BCUT2D eigenvalue weighted by molar-refractivity contribution is 5.36. The van der Waals surface area contributed by atoms with E-state index in [9.17, 15) is 8.78 Å². The number of hydrogen-bond donors (Lipinski definition) is 0. The van der Waals surface area contributed by atoms with Gasteiger partial charge in [-0.1, -0.05) is 0 Å². The molecule has 1 aliphatic rings. The fraction of sp³-hybridized carbons (Fsp3) is 0.333. The number of halogens is 2. The summed E-state index contributed by atoms with van der Waals surface area (Å²) >= 11 is 0. The largest absolute Gasteiger partial charge is 0.211 e. The van der Waals surface area contributed by atoms with Crippen molar-refractivity contribution in [3.8, 4) is 12.1 Å². The van der Waals surface area contributed by atoms with Crippen molar-refractivity contribution in [2.45, 2.75) is 12.8 Å². The van der Waals surface area contributed by atoms with Gasteiger partial charge < -0.3 is 0 Å². The zero-order valence-electron chi connectivity index (χ0n) is 6.72. The molecule has 66 valence electrons. The van der Waals surface area contributed by atoms with Crippen molar-refractivity contribution in [3.05, 3.63) is 23.3 Å². The Hall–Kier alpha value is -1.68. The van der Waals surface area contributed by atoms with Crippen LogP contribution in [0.15, 0.2) is 23.3 Å². The van der Waals surface area contributed by atoms with Gasteiger partial charge in [-0.15, -0.1) is 0 Å². The molecule has 0 N–H and O–H groups in total. The van der Waals surface area contributed by atoms with Gasteiger partial charge in [-0.3, -0.25) is 0 Å². The molecule has 0 saturated carbocycles. The third kappa shape index (κ3) is 1.91. The molecular weight excluding hydrogens is 174 g/mol. The summed E-state index contributed by atoms with van der Waals surface area (Å²) in [5.74, 6) is -2.13. The van der Waals surface area contributed by atoms with Gasteiger partial charge in [0.15, 0.2) is 0 Å². The lowest BCUT2D eigenvalue weighted by Crippen LogP contribution is -2.07. The highest BCUT2D eigenvalue weighted by Crippen LogP contribution is 2.32. The molecular formula is C9H6F2N2. The van der Waals surface area contributed by atoms with Crippen LogP contribution in [0, 0.1) is 28.6 Å². The van der Waals surface area contributed by atoms with Gasteiger partial charge in [-0.25, -0.2) is 8.78 Å². The topological polar surface area (TPSA) is 47.6 Å². The number of nitrogens with zero attached hydrogens (tertiary/aromatic N) is 2. The lowest BCUT2D eigenvalue weighted by molar-refractivity contribution is 0.447. The van der Waals surface area contributed by atoms with Crippen LogP contribution < -0.4 is 0 Å². The molecule has 0 fully saturated rings. The van der Waals surface area contributed by atoms with E-state index in [2.05, 4.69) is 0 Å². The van der Waals surface area contributed by atoms with E-state index in [0.29, 0.717) is 6.08 Å². The maximum absolute atomic E-state index is 12.9. The maximum Gasteiger partial charge on any atom is 0.139 e. The zero-order valence-corrected chi connectivity index (χ0v) is 6.72. The first kappa shape index (κ1) is 9.41. The predicted molar refractivity (Wildman–Crippen MR) is 41.3 cm³/mol. The summed E-state index contributed by atoms with van der Waals surface area (Å²) in [6.07, 6.45) is 0.642. The second kappa shape index (κ2) is 3.82. The van der Waals surface area contributed by atoms with Gasteiger partial charge in [-0.05, 0) is 6.42 Å². The van der Waals surface area contributed by atoms with E-state index in [1.807, 2.05) is 0 Å². The third-order valence-corrected chi connectivity index (χ3v) is 1.87. The van der Waals surface area contributed by atoms with E-state index in [1.54, 1.807) is 12.1 Å². The van der Waals surface area contributed by atoms with Crippen LogP contribution in [0.4, 0.5) is 8.78 Å². The summed E-state index contributed by atoms with van der Waals surface area (Å²) in [4.78, 5) is 0. The van der Waals surface area contributed by atoms with Gasteiger partial charge in [0.1, 0.15) is 11.7 Å². The fourth-order valence-electron chi connectivity index (χ4n) is 1.15. The Bertz CT molecular complexity index is 355. The van der Waals surface area contributed by atoms with Gasteiger partial charge in [0.25, 0.3) is 0 Å². The highest BCUT2D eigenvalue weighted by Gasteiger charge is 2.23. The van der Waals surface area contributed by atoms with Gasteiger partial charge in [0.05, 0.1) is 17.7 Å². The molecule has 0 aromatic carbocycles. The first-order valence-electron chi connectivity index (χ1n) is 3.71. The monoisotopic (exact) mass is 180 g/mol. The van der Waals surface area contributed by atoms with Crippen molar-refractivity contribution < 1.29 is 8.78 Å². The third-order valence-electron chi connectivity index (χ3n) is 1.87. The Labute approximate surface area is 74.4 Å². The molecule has 2 nitrogen and oxygen atoms in total. The van der Waals surface area contributed by atoms with Crippen LogP contribution >= 0.6 is 0 Å². The molecule has 1 atom stereocenters. The summed E-state index contributed by atoms with van der Waals surface area (Å²) in [6.45, 7) is 0. The van der Waals surface area contributed by atoms with E-state index in [0.717, 1.165) is 0 Å². The lowest BCUT2D eigenvalue weighted by atomic mass is 9.91. The van der Waals surface area contributed by atoms with E-state index >= 15 is 0 Å².